The number of ether oxygens (including phenoxy) is 1. The first-order valence-electron chi connectivity index (χ1n) is 7.30. The van der Waals surface area contributed by atoms with E-state index in [0.29, 0.717) is 4.88 Å². The van der Waals surface area contributed by atoms with Crippen LogP contribution in [0.5, 0.6) is 0 Å². The molecule has 0 aliphatic heterocycles. The Morgan fingerprint density at radius 3 is 2.43 bits per heavy atom. The highest BCUT2D eigenvalue weighted by Crippen LogP contribution is 2.28. The van der Waals surface area contributed by atoms with E-state index in [1.807, 2.05) is 66.7 Å². The second-order valence-corrected chi connectivity index (χ2v) is 6.14. The number of hydrogen-bond acceptors (Lipinski definition) is 3. The zero-order valence-corrected chi connectivity index (χ0v) is 13.4. The van der Waals surface area contributed by atoms with Gasteiger partial charge in [-0.2, -0.15) is 0 Å². The molecule has 1 aromatic heterocycles. The van der Waals surface area contributed by atoms with Gasteiger partial charge in [0.1, 0.15) is 11.5 Å². The molecule has 3 heteroatoms. The first kappa shape index (κ1) is 15.3. The Labute approximate surface area is 139 Å². The molecule has 0 unspecified atom stereocenters. The highest BCUT2D eigenvalue weighted by Gasteiger charge is 2.11. The molecular formula is C20H16O2S. The average molecular weight is 320 g/mol. The first-order chi connectivity index (χ1) is 11.3. The van der Waals surface area contributed by atoms with Crippen LogP contribution in [0, 0.1) is 0 Å². The summed E-state index contributed by atoms with van der Waals surface area (Å²) in [6.07, 6.45) is 1.78. The Kier molecular flexibility index (Phi) is 4.69. The summed E-state index contributed by atoms with van der Waals surface area (Å²) in [6.45, 7) is 3.99. The molecule has 2 aromatic carbocycles. The lowest BCUT2D eigenvalue weighted by Gasteiger charge is -2.04. The molecule has 0 radical (unpaired) electrons. The van der Waals surface area contributed by atoms with Gasteiger partial charge in [0, 0.05) is 4.88 Å². The highest BCUT2D eigenvalue weighted by molar-refractivity contribution is 7.17. The maximum atomic E-state index is 12.2. The monoisotopic (exact) mass is 320 g/mol. The van der Waals surface area contributed by atoms with Gasteiger partial charge in [-0.1, -0.05) is 67.3 Å². The molecule has 23 heavy (non-hydrogen) atoms. The summed E-state index contributed by atoms with van der Waals surface area (Å²) in [5.74, 6) is -0.287. The molecule has 0 saturated carbocycles. The van der Waals surface area contributed by atoms with E-state index in [4.69, 9.17) is 4.74 Å². The second kappa shape index (κ2) is 7.07. The molecule has 0 amide bonds. The summed E-state index contributed by atoms with van der Waals surface area (Å²) in [4.78, 5) is 13.8. The number of rotatable bonds is 5. The second-order valence-electron chi connectivity index (χ2n) is 5.05. The van der Waals surface area contributed by atoms with E-state index in [9.17, 15) is 4.79 Å². The maximum Gasteiger partial charge on any atom is 0.348 e. The van der Waals surface area contributed by atoms with Gasteiger partial charge in [-0.3, -0.25) is 0 Å². The van der Waals surface area contributed by atoms with Gasteiger partial charge in [-0.25, -0.2) is 4.79 Å². The zero-order chi connectivity index (χ0) is 16.1. The molecule has 114 valence electrons. The summed E-state index contributed by atoms with van der Waals surface area (Å²) in [5.41, 5.74) is 3.12. The molecule has 0 aliphatic carbocycles. The van der Waals surface area contributed by atoms with Gasteiger partial charge in [-0.05, 0) is 28.8 Å². The van der Waals surface area contributed by atoms with Gasteiger partial charge >= 0.3 is 5.97 Å². The molecular weight excluding hydrogens is 304 g/mol. The Morgan fingerprint density at radius 2 is 1.74 bits per heavy atom. The van der Waals surface area contributed by atoms with Crippen LogP contribution < -0.4 is 0 Å². The van der Waals surface area contributed by atoms with E-state index < -0.39 is 0 Å². The first-order valence-corrected chi connectivity index (χ1v) is 8.11. The van der Waals surface area contributed by atoms with Gasteiger partial charge in [0.2, 0.25) is 0 Å². The third-order valence-corrected chi connectivity index (χ3v) is 4.57. The number of carbonyl (C=O) groups excluding carboxylic acids is 1. The van der Waals surface area contributed by atoms with Crippen molar-refractivity contribution in [3.8, 4) is 10.4 Å². The molecule has 0 fully saturated rings. The summed E-state index contributed by atoms with van der Waals surface area (Å²) < 4.78 is 5.38. The maximum absolute atomic E-state index is 12.2. The van der Waals surface area contributed by atoms with E-state index >= 15 is 0 Å². The molecule has 2 nitrogen and oxygen atoms in total. The van der Waals surface area contributed by atoms with Crippen LogP contribution in [0.3, 0.4) is 0 Å². The lowest BCUT2D eigenvalue weighted by atomic mass is 10.1. The normalized spacial score (nSPS) is 10.3. The number of hydrogen-bond donors (Lipinski definition) is 0. The minimum Gasteiger partial charge on any atom is -0.457 e. The minimum atomic E-state index is -0.287. The topological polar surface area (TPSA) is 26.3 Å². The molecule has 0 bridgehead atoms. The molecule has 0 saturated heterocycles. The van der Waals surface area contributed by atoms with Crippen molar-refractivity contribution in [2.45, 2.75) is 6.61 Å². The van der Waals surface area contributed by atoms with Crippen molar-refractivity contribution in [3.63, 3.8) is 0 Å². The predicted molar refractivity (Wildman–Crippen MR) is 95.4 cm³/mol. The predicted octanol–water partition coefficient (Wildman–Crippen LogP) is 5.42. The smallest absolute Gasteiger partial charge is 0.348 e. The van der Waals surface area contributed by atoms with E-state index in [-0.39, 0.29) is 12.6 Å². The summed E-state index contributed by atoms with van der Waals surface area (Å²) in [6, 6.07) is 21.6. The van der Waals surface area contributed by atoms with Crippen LogP contribution in [0.25, 0.3) is 16.5 Å². The minimum absolute atomic E-state index is 0.273. The van der Waals surface area contributed by atoms with Gasteiger partial charge < -0.3 is 4.74 Å². The molecule has 1 heterocycles. The lowest BCUT2D eigenvalue weighted by molar-refractivity contribution is 0.0478. The fraction of sp³-hybridized carbons (Fsp3) is 0.0500. The SMILES string of the molecule is C=Cc1ccc(COC(=O)c2ccc(-c3ccccc3)s2)cc1. The van der Waals surface area contributed by atoms with Crippen molar-refractivity contribution >= 4 is 23.4 Å². The Morgan fingerprint density at radius 1 is 1.00 bits per heavy atom. The average Bonchev–Trinajstić information content (AvgIpc) is 3.11. The van der Waals surface area contributed by atoms with Gasteiger partial charge in [-0.15, -0.1) is 11.3 Å². The Bertz CT molecular complexity index is 801. The van der Waals surface area contributed by atoms with Gasteiger partial charge in [0.25, 0.3) is 0 Å². The quantitative estimate of drug-likeness (QED) is 0.587. The standard InChI is InChI=1S/C20H16O2S/c1-2-15-8-10-16(11-9-15)14-22-20(21)19-13-12-18(23-19)17-6-4-3-5-7-17/h2-13H,1,14H2. The van der Waals surface area contributed by atoms with E-state index in [1.165, 1.54) is 11.3 Å². The van der Waals surface area contributed by atoms with Crippen molar-refractivity contribution in [1.82, 2.24) is 0 Å². The summed E-state index contributed by atoms with van der Waals surface area (Å²) >= 11 is 1.45. The van der Waals surface area contributed by atoms with Crippen LogP contribution in [0.2, 0.25) is 0 Å². The van der Waals surface area contributed by atoms with Gasteiger partial charge in [0.15, 0.2) is 0 Å². The molecule has 0 spiro atoms. The number of carbonyl (C=O) groups is 1. The summed E-state index contributed by atoms with van der Waals surface area (Å²) in [7, 11) is 0. The third-order valence-electron chi connectivity index (χ3n) is 3.45. The molecule has 0 N–H and O–H groups in total. The van der Waals surface area contributed by atoms with Crippen molar-refractivity contribution in [1.29, 1.82) is 0 Å². The summed E-state index contributed by atoms with van der Waals surface area (Å²) in [5, 5.41) is 0. The number of benzene rings is 2. The van der Waals surface area contributed by atoms with Crippen LogP contribution in [0.4, 0.5) is 0 Å². The molecule has 3 aromatic rings. The van der Waals surface area contributed by atoms with Crippen LogP contribution >= 0.6 is 11.3 Å². The van der Waals surface area contributed by atoms with Crippen LogP contribution in [-0.2, 0) is 11.3 Å². The van der Waals surface area contributed by atoms with E-state index in [1.54, 1.807) is 6.08 Å². The fourth-order valence-electron chi connectivity index (χ4n) is 2.18. The Balaban J connectivity index is 1.64. The third kappa shape index (κ3) is 3.76. The van der Waals surface area contributed by atoms with Crippen LogP contribution in [0.15, 0.2) is 73.3 Å². The van der Waals surface area contributed by atoms with Crippen molar-refractivity contribution < 1.29 is 9.53 Å². The van der Waals surface area contributed by atoms with Gasteiger partial charge in [0.05, 0.1) is 0 Å². The highest BCUT2D eigenvalue weighted by atomic mass is 32.1. The fourth-order valence-corrected chi connectivity index (χ4v) is 3.08. The molecule has 0 aliphatic rings. The van der Waals surface area contributed by atoms with Crippen LogP contribution in [0.1, 0.15) is 20.8 Å². The molecule has 0 atom stereocenters. The van der Waals surface area contributed by atoms with E-state index in [0.717, 1.165) is 21.6 Å². The van der Waals surface area contributed by atoms with Crippen molar-refractivity contribution in [2.75, 3.05) is 0 Å². The largest absolute Gasteiger partial charge is 0.457 e. The Hall–Kier alpha value is -2.65. The van der Waals surface area contributed by atoms with Crippen LogP contribution in [-0.4, -0.2) is 5.97 Å². The number of thiophene rings is 1. The van der Waals surface area contributed by atoms with Crippen molar-refractivity contribution in [2.24, 2.45) is 0 Å². The number of esters is 1. The molecule has 3 rings (SSSR count). The lowest BCUT2D eigenvalue weighted by Crippen LogP contribution is -2.02. The van der Waals surface area contributed by atoms with E-state index in [2.05, 4.69) is 6.58 Å². The van der Waals surface area contributed by atoms with Crippen molar-refractivity contribution in [3.05, 3.63) is 89.3 Å². The zero-order valence-electron chi connectivity index (χ0n) is 12.6.